The Hall–Kier alpha value is -1.42. The summed E-state index contributed by atoms with van der Waals surface area (Å²) in [6, 6.07) is 3.85. The Balaban J connectivity index is 2.22. The summed E-state index contributed by atoms with van der Waals surface area (Å²) in [5.74, 6) is 2.01. The zero-order valence-electron chi connectivity index (χ0n) is 10.7. The Morgan fingerprint density at radius 3 is 2.18 bits per heavy atom. The van der Waals surface area contributed by atoms with Gasteiger partial charge in [0.2, 0.25) is 5.75 Å². The Morgan fingerprint density at radius 2 is 1.76 bits per heavy atom. The number of aryl methyl sites for hydroxylation is 1. The molecular formula is C13H18O4. The largest absolute Gasteiger partial charge is 0.493 e. The predicted molar refractivity (Wildman–Crippen MR) is 64.1 cm³/mol. The van der Waals surface area contributed by atoms with Crippen molar-refractivity contribution in [2.75, 3.05) is 27.4 Å². The molecule has 1 aromatic rings. The molecule has 0 bridgehead atoms. The second kappa shape index (κ2) is 4.45. The van der Waals surface area contributed by atoms with Crippen LogP contribution in [-0.2, 0) is 4.74 Å². The number of methoxy groups -OCH3 is 2. The van der Waals surface area contributed by atoms with E-state index in [4.69, 9.17) is 18.9 Å². The Kier molecular flexibility index (Phi) is 3.15. The molecule has 1 saturated heterocycles. The Morgan fingerprint density at radius 1 is 1.24 bits per heavy atom. The van der Waals surface area contributed by atoms with Crippen LogP contribution in [0.1, 0.15) is 12.5 Å². The molecule has 1 aliphatic heterocycles. The number of ether oxygens (including phenoxy) is 4. The molecule has 4 nitrogen and oxygen atoms in total. The average molecular weight is 238 g/mol. The van der Waals surface area contributed by atoms with Gasteiger partial charge in [-0.2, -0.15) is 0 Å². The summed E-state index contributed by atoms with van der Waals surface area (Å²) in [7, 11) is 3.24. The maximum absolute atomic E-state index is 5.76. The first-order valence-corrected chi connectivity index (χ1v) is 5.57. The summed E-state index contributed by atoms with van der Waals surface area (Å²) in [6.07, 6.45) is 0. The first-order valence-electron chi connectivity index (χ1n) is 5.57. The van der Waals surface area contributed by atoms with Gasteiger partial charge in [0.15, 0.2) is 11.5 Å². The molecule has 0 aromatic heterocycles. The molecule has 1 atom stereocenters. The second-order valence-electron chi connectivity index (χ2n) is 4.53. The van der Waals surface area contributed by atoms with Crippen molar-refractivity contribution >= 4 is 0 Å². The van der Waals surface area contributed by atoms with Crippen molar-refractivity contribution in [1.29, 1.82) is 0 Å². The van der Waals surface area contributed by atoms with E-state index in [0.29, 0.717) is 23.9 Å². The van der Waals surface area contributed by atoms with E-state index in [0.717, 1.165) is 12.2 Å². The molecule has 1 aliphatic rings. The van der Waals surface area contributed by atoms with Crippen LogP contribution in [0.4, 0.5) is 0 Å². The van der Waals surface area contributed by atoms with Crippen molar-refractivity contribution in [1.82, 2.24) is 0 Å². The summed E-state index contributed by atoms with van der Waals surface area (Å²) >= 11 is 0. The lowest BCUT2D eigenvalue weighted by atomic mass is 10.2. The molecule has 1 aromatic carbocycles. The summed E-state index contributed by atoms with van der Waals surface area (Å²) in [5.41, 5.74) is 0.918. The van der Waals surface area contributed by atoms with E-state index in [2.05, 4.69) is 0 Å². The quantitative estimate of drug-likeness (QED) is 0.737. The fraction of sp³-hybridized carbons (Fsp3) is 0.538. The van der Waals surface area contributed by atoms with E-state index < -0.39 is 0 Å². The third-order valence-corrected chi connectivity index (χ3v) is 2.76. The molecule has 0 spiro atoms. The van der Waals surface area contributed by atoms with Gasteiger partial charge in [0, 0.05) is 0 Å². The monoisotopic (exact) mass is 238 g/mol. The lowest BCUT2D eigenvalue weighted by Gasteiger charge is -2.16. The topological polar surface area (TPSA) is 40.2 Å². The predicted octanol–water partition coefficient (Wildman–Crippen LogP) is 2.18. The molecule has 4 heteroatoms. The van der Waals surface area contributed by atoms with Crippen LogP contribution in [-0.4, -0.2) is 33.0 Å². The summed E-state index contributed by atoms with van der Waals surface area (Å²) < 4.78 is 21.7. The highest BCUT2D eigenvalue weighted by molar-refractivity contribution is 5.53. The van der Waals surface area contributed by atoms with Crippen molar-refractivity contribution in [3.8, 4) is 17.2 Å². The van der Waals surface area contributed by atoms with Crippen LogP contribution in [0.25, 0.3) is 0 Å². The third kappa shape index (κ3) is 2.64. The smallest absolute Gasteiger partial charge is 0.203 e. The summed E-state index contributed by atoms with van der Waals surface area (Å²) in [4.78, 5) is 0. The fourth-order valence-corrected chi connectivity index (χ4v) is 1.58. The van der Waals surface area contributed by atoms with Gasteiger partial charge in [0.1, 0.15) is 12.2 Å². The van der Waals surface area contributed by atoms with Gasteiger partial charge >= 0.3 is 0 Å². The van der Waals surface area contributed by atoms with Gasteiger partial charge in [0.05, 0.1) is 20.8 Å². The highest BCUT2D eigenvalue weighted by Crippen LogP contribution is 2.39. The lowest BCUT2D eigenvalue weighted by Crippen LogP contribution is -2.17. The van der Waals surface area contributed by atoms with Crippen molar-refractivity contribution < 1.29 is 18.9 Å². The molecular weight excluding hydrogens is 220 g/mol. The first-order chi connectivity index (χ1) is 8.08. The van der Waals surface area contributed by atoms with Crippen LogP contribution in [0, 0.1) is 6.92 Å². The van der Waals surface area contributed by atoms with E-state index in [9.17, 15) is 0 Å². The zero-order chi connectivity index (χ0) is 12.5. The highest BCUT2D eigenvalue weighted by atomic mass is 16.6. The minimum absolute atomic E-state index is 0.152. The average Bonchev–Trinajstić information content (AvgIpc) is 3.04. The summed E-state index contributed by atoms with van der Waals surface area (Å²) in [5, 5.41) is 0. The molecule has 0 amide bonds. The highest BCUT2D eigenvalue weighted by Gasteiger charge is 2.40. The van der Waals surface area contributed by atoms with Gasteiger partial charge < -0.3 is 18.9 Å². The molecule has 1 fully saturated rings. The fourth-order valence-electron chi connectivity index (χ4n) is 1.58. The van der Waals surface area contributed by atoms with Gasteiger partial charge in [-0.25, -0.2) is 0 Å². The number of epoxide rings is 1. The van der Waals surface area contributed by atoms with Crippen LogP contribution >= 0.6 is 0 Å². The number of rotatable bonds is 5. The maximum Gasteiger partial charge on any atom is 0.203 e. The van der Waals surface area contributed by atoms with Crippen molar-refractivity contribution in [2.45, 2.75) is 19.4 Å². The minimum Gasteiger partial charge on any atom is -0.493 e. The molecule has 0 saturated carbocycles. The van der Waals surface area contributed by atoms with Crippen LogP contribution in [0.5, 0.6) is 17.2 Å². The van der Waals surface area contributed by atoms with Crippen LogP contribution in [0.15, 0.2) is 12.1 Å². The van der Waals surface area contributed by atoms with Gasteiger partial charge in [-0.05, 0) is 31.5 Å². The molecule has 2 rings (SSSR count). The van der Waals surface area contributed by atoms with Gasteiger partial charge in [0.25, 0.3) is 0 Å². The normalized spacial score (nSPS) is 22.1. The maximum atomic E-state index is 5.76. The van der Waals surface area contributed by atoms with Crippen molar-refractivity contribution in [3.63, 3.8) is 0 Å². The molecule has 1 heterocycles. The van der Waals surface area contributed by atoms with Crippen LogP contribution < -0.4 is 14.2 Å². The molecule has 0 N–H and O–H groups in total. The second-order valence-corrected chi connectivity index (χ2v) is 4.53. The van der Waals surface area contributed by atoms with E-state index in [1.165, 1.54) is 0 Å². The summed E-state index contributed by atoms with van der Waals surface area (Å²) in [6.45, 7) is 5.24. The van der Waals surface area contributed by atoms with Gasteiger partial charge in [-0.3, -0.25) is 0 Å². The van der Waals surface area contributed by atoms with Crippen molar-refractivity contribution in [2.24, 2.45) is 0 Å². The standard InChI is InChI=1S/C13H18O4/c1-9-5-10(14-3)12(11(6-9)15-4)16-7-13(2)8-17-13/h5-6H,7-8H2,1-4H3. The van der Waals surface area contributed by atoms with E-state index in [1.807, 2.05) is 26.0 Å². The SMILES string of the molecule is COc1cc(C)cc(OC)c1OCC1(C)CO1. The number of benzene rings is 1. The zero-order valence-corrected chi connectivity index (χ0v) is 10.7. The number of hydrogen-bond acceptors (Lipinski definition) is 4. The molecule has 0 aliphatic carbocycles. The first kappa shape index (κ1) is 12.0. The molecule has 1 unspecified atom stereocenters. The minimum atomic E-state index is -0.152. The molecule has 94 valence electrons. The number of hydrogen-bond donors (Lipinski definition) is 0. The van der Waals surface area contributed by atoms with E-state index in [-0.39, 0.29) is 5.60 Å². The van der Waals surface area contributed by atoms with Crippen LogP contribution in [0.3, 0.4) is 0 Å². The van der Waals surface area contributed by atoms with Crippen LogP contribution in [0.2, 0.25) is 0 Å². The van der Waals surface area contributed by atoms with Crippen molar-refractivity contribution in [3.05, 3.63) is 17.7 Å². The van der Waals surface area contributed by atoms with Gasteiger partial charge in [-0.1, -0.05) is 0 Å². The van der Waals surface area contributed by atoms with E-state index >= 15 is 0 Å². The Labute approximate surface area is 101 Å². The molecule has 17 heavy (non-hydrogen) atoms. The molecule has 0 radical (unpaired) electrons. The van der Waals surface area contributed by atoms with Gasteiger partial charge in [-0.15, -0.1) is 0 Å². The lowest BCUT2D eigenvalue weighted by molar-refractivity contribution is 0.191. The Bertz CT molecular complexity index is 385. The van der Waals surface area contributed by atoms with E-state index in [1.54, 1.807) is 14.2 Å². The third-order valence-electron chi connectivity index (χ3n) is 2.76.